The quantitative estimate of drug-likeness (QED) is 0.941. The number of nitrogens with two attached hydrogens (primary N) is 1. The summed E-state index contributed by atoms with van der Waals surface area (Å²) >= 11 is 0. The molecule has 1 unspecified atom stereocenters. The van der Waals surface area contributed by atoms with Crippen LogP contribution in [-0.2, 0) is 12.6 Å². The highest BCUT2D eigenvalue weighted by Crippen LogP contribution is 2.30. The van der Waals surface area contributed by atoms with Crippen molar-refractivity contribution < 1.29 is 17.9 Å². The number of methoxy groups -OCH3 is 1. The maximum atomic E-state index is 12.5. The van der Waals surface area contributed by atoms with Gasteiger partial charge in [-0.05, 0) is 36.2 Å². The van der Waals surface area contributed by atoms with Gasteiger partial charge in [0.05, 0.1) is 24.4 Å². The maximum absolute atomic E-state index is 12.5. The number of benzene rings is 1. The normalized spacial score (nSPS) is 13.0. The van der Waals surface area contributed by atoms with Crippen LogP contribution in [0.2, 0.25) is 0 Å². The number of alkyl halides is 3. The second-order valence-corrected chi connectivity index (χ2v) is 4.60. The molecule has 0 aliphatic carbocycles. The van der Waals surface area contributed by atoms with E-state index in [-0.39, 0.29) is 0 Å². The van der Waals surface area contributed by atoms with Crippen molar-refractivity contribution in [3.05, 3.63) is 59.4 Å². The lowest BCUT2D eigenvalue weighted by atomic mass is 10.0. The zero-order valence-electron chi connectivity index (χ0n) is 11.4. The summed E-state index contributed by atoms with van der Waals surface area (Å²) in [5.41, 5.74) is 6.69. The number of hydrogen-bond acceptors (Lipinski definition) is 3. The predicted molar refractivity (Wildman–Crippen MR) is 72.9 cm³/mol. The zero-order valence-corrected chi connectivity index (χ0v) is 11.4. The van der Waals surface area contributed by atoms with E-state index < -0.39 is 17.8 Å². The molecule has 3 nitrogen and oxygen atoms in total. The Morgan fingerprint density at radius 3 is 2.43 bits per heavy atom. The van der Waals surface area contributed by atoms with Crippen molar-refractivity contribution in [3.8, 4) is 5.75 Å². The Balaban J connectivity index is 2.14. The maximum Gasteiger partial charge on any atom is 0.416 e. The van der Waals surface area contributed by atoms with E-state index in [4.69, 9.17) is 10.5 Å². The zero-order chi connectivity index (χ0) is 15.5. The van der Waals surface area contributed by atoms with Crippen molar-refractivity contribution in [1.29, 1.82) is 0 Å². The summed E-state index contributed by atoms with van der Waals surface area (Å²) in [5.74, 6) is 0.567. The molecule has 2 aromatic rings. The van der Waals surface area contributed by atoms with Gasteiger partial charge in [-0.25, -0.2) is 0 Å². The summed E-state index contributed by atoms with van der Waals surface area (Å²) in [6.45, 7) is 0. The molecule has 1 heterocycles. The van der Waals surface area contributed by atoms with Gasteiger partial charge in [0, 0.05) is 6.20 Å². The second-order valence-electron chi connectivity index (χ2n) is 4.60. The van der Waals surface area contributed by atoms with Gasteiger partial charge in [-0.15, -0.1) is 0 Å². The number of ether oxygens (including phenoxy) is 1. The molecule has 0 saturated carbocycles. The minimum Gasteiger partial charge on any atom is -0.495 e. The summed E-state index contributed by atoms with van der Waals surface area (Å²) in [4.78, 5) is 4.17. The smallest absolute Gasteiger partial charge is 0.416 e. The molecular formula is C15H15F3N2O. The molecule has 0 spiro atoms. The average molecular weight is 296 g/mol. The first-order valence-corrected chi connectivity index (χ1v) is 6.32. The molecular weight excluding hydrogens is 281 g/mol. The molecule has 0 fully saturated rings. The number of rotatable bonds is 4. The Kier molecular flexibility index (Phi) is 4.47. The van der Waals surface area contributed by atoms with Crippen LogP contribution in [0.25, 0.3) is 0 Å². The first-order valence-electron chi connectivity index (χ1n) is 6.32. The molecule has 2 N–H and O–H groups in total. The number of halogens is 3. The van der Waals surface area contributed by atoms with Gasteiger partial charge >= 0.3 is 6.18 Å². The van der Waals surface area contributed by atoms with Crippen molar-refractivity contribution in [2.45, 2.75) is 18.6 Å². The Morgan fingerprint density at radius 2 is 1.86 bits per heavy atom. The van der Waals surface area contributed by atoms with Crippen LogP contribution >= 0.6 is 0 Å². The Labute approximate surface area is 120 Å². The molecule has 112 valence electrons. The van der Waals surface area contributed by atoms with E-state index in [9.17, 15) is 13.2 Å². The van der Waals surface area contributed by atoms with Crippen molar-refractivity contribution in [1.82, 2.24) is 4.98 Å². The SMILES string of the molecule is COc1cccnc1C(N)Cc1ccc(C(F)(F)F)cc1. The third kappa shape index (κ3) is 3.72. The molecule has 0 aliphatic heterocycles. The van der Waals surface area contributed by atoms with Gasteiger partial charge in [0.2, 0.25) is 0 Å². The van der Waals surface area contributed by atoms with E-state index in [0.717, 1.165) is 12.1 Å². The number of aromatic nitrogens is 1. The van der Waals surface area contributed by atoms with Gasteiger partial charge in [-0.3, -0.25) is 4.98 Å². The summed E-state index contributed by atoms with van der Waals surface area (Å²) in [7, 11) is 1.52. The fourth-order valence-corrected chi connectivity index (χ4v) is 2.03. The predicted octanol–water partition coefficient (Wildman–Crippen LogP) is 3.35. The lowest BCUT2D eigenvalue weighted by Gasteiger charge is -2.15. The molecule has 0 radical (unpaired) electrons. The van der Waals surface area contributed by atoms with Crippen molar-refractivity contribution in [2.24, 2.45) is 5.73 Å². The van der Waals surface area contributed by atoms with Crippen molar-refractivity contribution in [2.75, 3.05) is 7.11 Å². The minimum absolute atomic E-state index is 0.380. The van der Waals surface area contributed by atoms with E-state index in [1.165, 1.54) is 19.2 Å². The van der Waals surface area contributed by atoms with Gasteiger partial charge in [0.1, 0.15) is 5.75 Å². The van der Waals surface area contributed by atoms with Crippen molar-refractivity contribution in [3.63, 3.8) is 0 Å². The summed E-state index contributed by atoms with van der Waals surface area (Å²) in [6.07, 6.45) is -2.35. The highest BCUT2D eigenvalue weighted by molar-refractivity contribution is 5.32. The largest absolute Gasteiger partial charge is 0.495 e. The summed E-state index contributed by atoms with van der Waals surface area (Å²) < 4.78 is 42.7. The van der Waals surface area contributed by atoms with Crippen LogP contribution in [0.1, 0.15) is 22.9 Å². The lowest BCUT2D eigenvalue weighted by molar-refractivity contribution is -0.137. The monoisotopic (exact) mass is 296 g/mol. The number of pyridine rings is 1. The summed E-state index contributed by atoms with van der Waals surface area (Å²) in [5, 5.41) is 0. The fourth-order valence-electron chi connectivity index (χ4n) is 2.03. The minimum atomic E-state index is -4.33. The van der Waals surface area contributed by atoms with Gasteiger partial charge < -0.3 is 10.5 Å². The van der Waals surface area contributed by atoms with E-state index in [2.05, 4.69) is 4.98 Å². The lowest BCUT2D eigenvalue weighted by Crippen LogP contribution is -2.16. The molecule has 0 amide bonds. The average Bonchev–Trinajstić information content (AvgIpc) is 2.46. The van der Waals surface area contributed by atoms with E-state index in [0.29, 0.717) is 23.4 Å². The van der Waals surface area contributed by atoms with Gasteiger partial charge in [-0.1, -0.05) is 12.1 Å². The topological polar surface area (TPSA) is 48.1 Å². The van der Waals surface area contributed by atoms with Crippen LogP contribution in [-0.4, -0.2) is 12.1 Å². The van der Waals surface area contributed by atoms with Gasteiger partial charge in [0.25, 0.3) is 0 Å². The fraction of sp³-hybridized carbons (Fsp3) is 0.267. The number of hydrogen-bond donors (Lipinski definition) is 1. The molecule has 0 aliphatic rings. The van der Waals surface area contributed by atoms with Crippen molar-refractivity contribution >= 4 is 0 Å². The highest BCUT2D eigenvalue weighted by Gasteiger charge is 2.30. The van der Waals surface area contributed by atoms with E-state index in [1.54, 1.807) is 18.3 Å². The third-order valence-corrected chi connectivity index (χ3v) is 3.11. The van der Waals surface area contributed by atoms with Crippen LogP contribution < -0.4 is 10.5 Å². The molecule has 1 aromatic carbocycles. The first kappa shape index (κ1) is 15.3. The molecule has 1 atom stereocenters. The molecule has 1 aromatic heterocycles. The Morgan fingerprint density at radius 1 is 1.19 bits per heavy atom. The Bertz CT molecular complexity index is 597. The number of nitrogens with zero attached hydrogens (tertiary/aromatic N) is 1. The van der Waals surface area contributed by atoms with Crippen LogP contribution in [0.4, 0.5) is 13.2 Å². The molecule has 21 heavy (non-hydrogen) atoms. The van der Waals surface area contributed by atoms with Crippen LogP contribution in [0.5, 0.6) is 5.75 Å². The molecule has 0 saturated heterocycles. The van der Waals surface area contributed by atoms with Crippen LogP contribution in [0.3, 0.4) is 0 Å². The van der Waals surface area contributed by atoms with Crippen LogP contribution in [0.15, 0.2) is 42.6 Å². The summed E-state index contributed by atoms with van der Waals surface area (Å²) in [6, 6.07) is 7.99. The molecule has 2 rings (SSSR count). The third-order valence-electron chi connectivity index (χ3n) is 3.11. The highest BCUT2D eigenvalue weighted by atomic mass is 19.4. The molecule has 6 heteroatoms. The van der Waals surface area contributed by atoms with E-state index >= 15 is 0 Å². The standard InChI is InChI=1S/C15H15F3N2O/c1-21-13-3-2-8-20-14(13)12(19)9-10-4-6-11(7-5-10)15(16,17)18/h2-8,12H,9,19H2,1H3. The first-order chi connectivity index (χ1) is 9.91. The van der Waals surface area contributed by atoms with Crippen LogP contribution in [0, 0.1) is 0 Å². The molecule has 0 bridgehead atoms. The van der Waals surface area contributed by atoms with E-state index in [1.807, 2.05) is 0 Å². The second kappa shape index (κ2) is 6.13. The van der Waals surface area contributed by atoms with Gasteiger partial charge in [0.15, 0.2) is 0 Å². The Hall–Kier alpha value is -2.08. The van der Waals surface area contributed by atoms with Gasteiger partial charge in [-0.2, -0.15) is 13.2 Å².